The molecule has 8 heteroatoms. The Labute approximate surface area is 199 Å². The standard InChI is InChI=1S/C25H20ClN3O3S/c1-15-9-10-18(13-16(15)2)22-23(17-7-5-4-6-8-17)33-25(28(22)3)27-24(30)19-11-12-20(26)21(14-19)29(31)32/h4-14H,1-3H3. The molecule has 0 atom stereocenters. The molecule has 0 saturated heterocycles. The van der Waals surface area contributed by atoms with Gasteiger partial charge in [0.1, 0.15) is 5.02 Å². The number of nitro benzene ring substituents is 1. The molecule has 4 rings (SSSR count). The number of aryl methyl sites for hydroxylation is 2. The molecule has 3 aromatic carbocycles. The van der Waals surface area contributed by atoms with Crippen LogP contribution in [0.4, 0.5) is 5.69 Å². The molecule has 166 valence electrons. The summed E-state index contributed by atoms with van der Waals surface area (Å²) < 4.78 is 1.89. The SMILES string of the molecule is Cc1ccc(-c2c(-c3ccccc3)sc(=NC(=O)c3ccc(Cl)c([N+](=O)[O-])c3)n2C)cc1C. The molecule has 0 spiro atoms. The first-order valence-electron chi connectivity index (χ1n) is 10.1. The molecule has 0 aliphatic carbocycles. The van der Waals surface area contributed by atoms with E-state index in [9.17, 15) is 14.9 Å². The number of hydrogen-bond donors (Lipinski definition) is 0. The van der Waals surface area contributed by atoms with Crippen molar-refractivity contribution in [1.82, 2.24) is 4.57 Å². The third-order valence-corrected chi connectivity index (χ3v) is 6.93. The van der Waals surface area contributed by atoms with E-state index in [0.717, 1.165) is 27.8 Å². The highest BCUT2D eigenvalue weighted by Gasteiger charge is 2.19. The molecule has 0 radical (unpaired) electrons. The topological polar surface area (TPSA) is 77.5 Å². The Morgan fingerprint density at radius 2 is 1.73 bits per heavy atom. The molecule has 0 unspecified atom stereocenters. The van der Waals surface area contributed by atoms with Crippen LogP contribution < -0.4 is 4.80 Å². The lowest BCUT2D eigenvalue weighted by Crippen LogP contribution is -2.14. The van der Waals surface area contributed by atoms with Crippen molar-refractivity contribution in [2.75, 3.05) is 0 Å². The van der Waals surface area contributed by atoms with E-state index in [-0.39, 0.29) is 16.3 Å². The maximum absolute atomic E-state index is 12.9. The summed E-state index contributed by atoms with van der Waals surface area (Å²) >= 11 is 7.28. The van der Waals surface area contributed by atoms with Gasteiger partial charge in [-0.05, 0) is 54.3 Å². The predicted octanol–water partition coefficient (Wildman–Crippen LogP) is 6.34. The molecular formula is C25H20ClN3O3S. The van der Waals surface area contributed by atoms with Crippen LogP contribution in [0.1, 0.15) is 21.5 Å². The van der Waals surface area contributed by atoms with Crippen molar-refractivity contribution in [3.63, 3.8) is 0 Å². The molecule has 0 aliphatic heterocycles. The second kappa shape index (κ2) is 9.13. The van der Waals surface area contributed by atoms with Crippen LogP contribution in [0.5, 0.6) is 0 Å². The minimum absolute atomic E-state index is 0.0263. The number of halogens is 1. The Morgan fingerprint density at radius 1 is 1.00 bits per heavy atom. The fourth-order valence-electron chi connectivity index (χ4n) is 3.49. The van der Waals surface area contributed by atoms with Gasteiger partial charge in [-0.1, -0.05) is 65.4 Å². The molecule has 33 heavy (non-hydrogen) atoms. The fourth-order valence-corrected chi connectivity index (χ4v) is 4.82. The Morgan fingerprint density at radius 3 is 2.39 bits per heavy atom. The number of carbonyl (C=O) groups excluding carboxylic acids is 1. The largest absolute Gasteiger partial charge is 0.319 e. The lowest BCUT2D eigenvalue weighted by molar-refractivity contribution is -0.384. The van der Waals surface area contributed by atoms with Gasteiger partial charge in [-0.25, -0.2) is 0 Å². The van der Waals surface area contributed by atoms with E-state index >= 15 is 0 Å². The van der Waals surface area contributed by atoms with Gasteiger partial charge in [0, 0.05) is 18.7 Å². The van der Waals surface area contributed by atoms with E-state index in [4.69, 9.17) is 11.6 Å². The Hall–Kier alpha value is -3.55. The molecule has 0 N–H and O–H groups in total. The number of nitro groups is 1. The van der Waals surface area contributed by atoms with Crippen molar-refractivity contribution in [3.8, 4) is 21.7 Å². The van der Waals surface area contributed by atoms with Gasteiger partial charge in [0.2, 0.25) is 0 Å². The van der Waals surface area contributed by atoms with Gasteiger partial charge in [0.05, 0.1) is 15.5 Å². The first kappa shape index (κ1) is 22.6. The van der Waals surface area contributed by atoms with Crippen LogP contribution in [0.3, 0.4) is 0 Å². The maximum Gasteiger partial charge on any atom is 0.288 e. The monoisotopic (exact) mass is 477 g/mol. The first-order chi connectivity index (χ1) is 15.8. The minimum Gasteiger partial charge on any atom is -0.319 e. The van der Waals surface area contributed by atoms with Crippen molar-refractivity contribution in [2.24, 2.45) is 12.0 Å². The smallest absolute Gasteiger partial charge is 0.288 e. The molecule has 0 fully saturated rings. The number of amides is 1. The second-order valence-electron chi connectivity index (χ2n) is 7.63. The van der Waals surface area contributed by atoms with E-state index < -0.39 is 10.8 Å². The number of benzene rings is 3. The average molecular weight is 478 g/mol. The average Bonchev–Trinajstić information content (AvgIpc) is 3.12. The molecule has 6 nitrogen and oxygen atoms in total. The van der Waals surface area contributed by atoms with Gasteiger partial charge in [0.15, 0.2) is 4.80 Å². The highest BCUT2D eigenvalue weighted by Crippen LogP contribution is 2.35. The molecule has 1 amide bonds. The van der Waals surface area contributed by atoms with Crippen LogP contribution in [0.25, 0.3) is 21.7 Å². The second-order valence-corrected chi connectivity index (χ2v) is 9.01. The van der Waals surface area contributed by atoms with Crippen molar-refractivity contribution in [1.29, 1.82) is 0 Å². The van der Waals surface area contributed by atoms with E-state index in [2.05, 4.69) is 37.0 Å². The summed E-state index contributed by atoms with van der Waals surface area (Å²) in [6, 6.07) is 20.1. The van der Waals surface area contributed by atoms with E-state index in [0.29, 0.717) is 4.80 Å². The molecule has 4 aromatic rings. The Bertz CT molecular complexity index is 1460. The van der Waals surface area contributed by atoms with Crippen molar-refractivity contribution < 1.29 is 9.72 Å². The zero-order valence-electron chi connectivity index (χ0n) is 18.2. The van der Waals surface area contributed by atoms with Crippen LogP contribution in [0, 0.1) is 24.0 Å². The Kier molecular flexibility index (Phi) is 6.26. The predicted molar refractivity (Wildman–Crippen MR) is 132 cm³/mol. The summed E-state index contributed by atoms with van der Waals surface area (Å²) in [6.07, 6.45) is 0. The lowest BCUT2D eigenvalue weighted by Gasteiger charge is -2.09. The highest BCUT2D eigenvalue weighted by atomic mass is 35.5. The normalized spacial score (nSPS) is 11.6. The van der Waals surface area contributed by atoms with E-state index in [1.54, 1.807) is 0 Å². The number of hydrogen-bond acceptors (Lipinski definition) is 4. The highest BCUT2D eigenvalue weighted by molar-refractivity contribution is 7.13. The van der Waals surface area contributed by atoms with Crippen LogP contribution in [0.2, 0.25) is 5.02 Å². The van der Waals surface area contributed by atoms with Gasteiger partial charge < -0.3 is 4.57 Å². The van der Waals surface area contributed by atoms with Gasteiger partial charge in [0.25, 0.3) is 11.6 Å². The fraction of sp³-hybridized carbons (Fsp3) is 0.120. The van der Waals surface area contributed by atoms with Crippen LogP contribution >= 0.6 is 22.9 Å². The third kappa shape index (κ3) is 4.51. The molecule has 0 saturated carbocycles. The third-order valence-electron chi connectivity index (χ3n) is 5.43. The molecule has 1 aromatic heterocycles. The number of nitrogens with zero attached hydrogens (tertiary/aromatic N) is 3. The molecule has 1 heterocycles. The summed E-state index contributed by atoms with van der Waals surface area (Å²) in [7, 11) is 1.86. The van der Waals surface area contributed by atoms with Crippen LogP contribution in [0.15, 0.2) is 71.7 Å². The summed E-state index contributed by atoms with van der Waals surface area (Å²) in [5.41, 5.74) is 5.13. The number of rotatable bonds is 4. The van der Waals surface area contributed by atoms with Crippen LogP contribution in [-0.2, 0) is 7.05 Å². The maximum atomic E-state index is 12.9. The Balaban J connectivity index is 1.90. The first-order valence-corrected chi connectivity index (χ1v) is 11.3. The van der Waals surface area contributed by atoms with Gasteiger partial charge in [-0.2, -0.15) is 4.99 Å². The van der Waals surface area contributed by atoms with Crippen molar-refractivity contribution in [2.45, 2.75) is 13.8 Å². The van der Waals surface area contributed by atoms with Gasteiger partial charge in [-0.15, -0.1) is 0 Å². The summed E-state index contributed by atoms with van der Waals surface area (Å²) in [6.45, 7) is 4.13. The molecule has 0 bridgehead atoms. The quantitative estimate of drug-likeness (QED) is 0.254. The van der Waals surface area contributed by atoms with Crippen LogP contribution in [-0.4, -0.2) is 15.4 Å². The lowest BCUT2D eigenvalue weighted by atomic mass is 10.0. The minimum atomic E-state index is -0.615. The molecule has 0 aliphatic rings. The van der Waals surface area contributed by atoms with Gasteiger partial charge in [-0.3, -0.25) is 14.9 Å². The number of carbonyl (C=O) groups is 1. The zero-order valence-corrected chi connectivity index (χ0v) is 19.8. The van der Waals surface area contributed by atoms with E-state index in [1.165, 1.54) is 34.6 Å². The van der Waals surface area contributed by atoms with Crippen molar-refractivity contribution >= 4 is 34.5 Å². The number of thiazole rings is 1. The number of aromatic nitrogens is 1. The summed E-state index contributed by atoms with van der Waals surface area (Å²) in [5.74, 6) is -0.571. The molecular weight excluding hydrogens is 458 g/mol. The van der Waals surface area contributed by atoms with Crippen molar-refractivity contribution in [3.05, 3.63) is 103 Å². The van der Waals surface area contributed by atoms with Gasteiger partial charge >= 0.3 is 0 Å². The zero-order chi connectivity index (χ0) is 23.7. The van der Waals surface area contributed by atoms with E-state index in [1.807, 2.05) is 41.9 Å². The summed E-state index contributed by atoms with van der Waals surface area (Å²) in [4.78, 5) is 29.3. The summed E-state index contributed by atoms with van der Waals surface area (Å²) in [5, 5.41) is 11.2.